The third-order valence-electron chi connectivity index (χ3n) is 4.95. The summed E-state index contributed by atoms with van der Waals surface area (Å²) in [6.45, 7) is 0. The summed E-state index contributed by atoms with van der Waals surface area (Å²) in [7, 11) is 3.27. The van der Waals surface area contributed by atoms with Gasteiger partial charge in [-0.15, -0.1) is 0 Å². The van der Waals surface area contributed by atoms with Crippen molar-refractivity contribution in [1.82, 2.24) is 0 Å². The van der Waals surface area contributed by atoms with E-state index in [4.69, 9.17) is 37.8 Å². The molecule has 6 heteroatoms. The van der Waals surface area contributed by atoms with E-state index in [1.54, 1.807) is 14.2 Å². The molecule has 148 valence electrons. The molecule has 1 aliphatic heterocycles. The molecule has 3 aromatic carbocycles. The van der Waals surface area contributed by atoms with E-state index < -0.39 is 0 Å². The third kappa shape index (κ3) is 4.04. The van der Waals surface area contributed by atoms with E-state index in [9.17, 15) is 0 Å². The van der Waals surface area contributed by atoms with E-state index in [1.165, 1.54) is 0 Å². The van der Waals surface area contributed by atoms with Gasteiger partial charge >= 0.3 is 0 Å². The highest BCUT2D eigenvalue weighted by Crippen LogP contribution is 2.40. The fraction of sp³-hybridized carbons (Fsp3) is 0.174. The van der Waals surface area contributed by atoms with Crippen molar-refractivity contribution in [2.75, 3.05) is 19.2 Å². The van der Waals surface area contributed by atoms with Gasteiger partial charge < -0.3 is 9.47 Å². The van der Waals surface area contributed by atoms with E-state index >= 15 is 0 Å². The number of rotatable bonds is 5. The molecular weight excluding hydrogens is 407 g/mol. The van der Waals surface area contributed by atoms with Crippen LogP contribution in [0.3, 0.4) is 0 Å². The second-order valence-electron chi connectivity index (χ2n) is 6.71. The Morgan fingerprint density at radius 3 is 2.31 bits per heavy atom. The number of anilines is 1. The van der Waals surface area contributed by atoms with Crippen LogP contribution in [0.1, 0.15) is 23.6 Å². The standard InChI is InChI=1S/C23H20Cl2N2O2/c1-28-22-11-8-16(12-23(22)29-2)21-14-20(15-6-9-17(24)10-7-15)26-27(21)19-5-3-4-18(25)13-19/h3-13,21H,14H2,1-2H3. The van der Waals surface area contributed by atoms with E-state index in [1.807, 2.05) is 71.7 Å². The maximum absolute atomic E-state index is 6.25. The van der Waals surface area contributed by atoms with Gasteiger partial charge in [-0.25, -0.2) is 0 Å². The molecule has 1 atom stereocenters. The van der Waals surface area contributed by atoms with Crippen LogP contribution in [0.5, 0.6) is 11.5 Å². The molecule has 0 amide bonds. The topological polar surface area (TPSA) is 34.1 Å². The smallest absolute Gasteiger partial charge is 0.161 e. The number of nitrogens with zero attached hydrogens (tertiary/aromatic N) is 2. The zero-order valence-electron chi connectivity index (χ0n) is 16.1. The largest absolute Gasteiger partial charge is 0.493 e. The Hall–Kier alpha value is -2.69. The minimum atomic E-state index is -0.000971. The lowest BCUT2D eigenvalue weighted by Gasteiger charge is -2.24. The first-order valence-electron chi connectivity index (χ1n) is 9.19. The fourth-order valence-electron chi connectivity index (χ4n) is 3.50. The molecule has 4 nitrogen and oxygen atoms in total. The average Bonchev–Trinajstić information content (AvgIpc) is 3.19. The van der Waals surface area contributed by atoms with Crippen molar-refractivity contribution < 1.29 is 9.47 Å². The second-order valence-corrected chi connectivity index (χ2v) is 7.59. The second kappa shape index (κ2) is 8.36. The maximum atomic E-state index is 6.25. The minimum absolute atomic E-state index is 0.000971. The lowest BCUT2D eigenvalue weighted by Crippen LogP contribution is -2.18. The van der Waals surface area contributed by atoms with Gasteiger partial charge in [0.2, 0.25) is 0 Å². The first kappa shape index (κ1) is 19.6. The Morgan fingerprint density at radius 2 is 1.62 bits per heavy atom. The van der Waals surface area contributed by atoms with Crippen LogP contribution in [-0.4, -0.2) is 19.9 Å². The van der Waals surface area contributed by atoms with Crippen molar-refractivity contribution in [2.24, 2.45) is 5.10 Å². The van der Waals surface area contributed by atoms with Crippen LogP contribution in [0.15, 0.2) is 71.8 Å². The Balaban J connectivity index is 1.76. The monoisotopic (exact) mass is 426 g/mol. The molecule has 0 aromatic heterocycles. The van der Waals surface area contributed by atoms with Gasteiger partial charge in [0, 0.05) is 16.5 Å². The van der Waals surface area contributed by atoms with Crippen molar-refractivity contribution in [3.05, 3.63) is 87.9 Å². The Morgan fingerprint density at radius 1 is 0.862 bits per heavy atom. The van der Waals surface area contributed by atoms with Gasteiger partial charge in [-0.1, -0.05) is 47.5 Å². The van der Waals surface area contributed by atoms with Gasteiger partial charge in [0.05, 0.1) is 31.7 Å². The van der Waals surface area contributed by atoms with Gasteiger partial charge in [-0.05, 0) is 53.6 Å². The highest BCUT2D eigenvalue weighted by Gasteiger charge is 2.30. The fourth-order valence-corrected chi connectivity index (χ4v) is 3.81. The predicted octanol–water partition coefficient (Wildman–Crippen LogP) is 6.37. The van der Waals surface area contributed by atoms with Crippen LogP contribution in [0.25, 0.3) is 0 Å². The maximum Gasteiger partial charge on any atom is 0.161 e. The van der Waals surface area contributed by atoms with Gasteiger partial charge in [-0.3, -0.25) is 5.01 Å². The van der Waals surface area contributed by atoms with Gasteiger partial charge in [-0.2, -0.15) is 5.10 Å². The lowest BCUT2D eigenvalue weighted by atomic mass is 9.98. The number of benzene rings is 3. The molecule has 0 aliphatic carbocycles. The Kier molecular flexibility index (Phi) is 5.65. The van der Waals surface area contributed by atoms with E-state index in [-0.39, 0.29) is 6.04 Å². The van der Waals surface area contributed by atoms with Crippen LogP contribution >= 0.6 is 23.2 Å². The minimum Gasteiger partial charge on any atom is -0.493 e. The van der Waals surface area contributed by atoms with Crippen LogP contribution < -0.4 is 14.5 Å². The number of hydrogen-bond acceptors (Lipinski definition) is 4. The van der Waals surface area contributed by atoms with E-state index in [0.717, 1.165) is 28.9 Å². The summed E-state index contributed by atoms with van der Waals surface area (Å²) < 4.78 is 10.9. The zero-order chi connectivity index (χ0) is 20.4. The zero-order valence-corrected chi connectivity index (χ0v) is 17.6. The molecule has 1 heterocycles. The number of methoxy groups -OCH3 is 2. The van der Waals surface area contributed by atoms with Crippen LogP contribution in [0.2, 0.25) is 10.0 Å². The van der Waals surface area contributed by atoms with Crippen LogP contribution in [0.4, 0.5) is 5.69 Å². The molecule has 1 unspecified atom stereocenters. The lowest BCUT2D eigenvalue weighted by molar-refractivity contribution is 0.354. The molecule has 0 saturated carbocycles. The summed E-state index contributed by atoms with van der Waals surface area (Å²) >= 11 is 12.3. The molecule has 29 heavy (non-hydrogen) atoms. The Bertz CT molecular complexity index is 1050. The number of hydrazone groups is 1. The molecule has 0 N–H and O–H groups in total. The molecular formula is C23H20Cl2N2O2. The molecule has 4 rings (SSSR count). The highest BCUT2D eigenvalue weighted by atomic mass is 35.5. The summed E-state index contributed by atoms with van der Waals surface area (Å²) in [4.78, 5) is 0. The summed E-state index contributed by atoms with van der Waals surface area (Å²) in [5.41, 5.74) is 4.04. The summed E-state index contributed by atoms with van der Waals surface area (Å²) in [5, 5.41) is 8.32. The first-order chi connectivity index (χ1) is 14.1. The van der Waals surface area contributed by atoms with E-state index in [0.29, 0.717) is 21.5 Å². The van der Waals surface area contributed by atoms with Crippen LogP contribution in [-0.2, 0) is 0 Å². The molecule has 0 saturated heterocycles. The van der Waals surface area contributed by atoms with Gasteiger partial charge in [0.25, 0.3) is 0 Å². The molecule has 1 aliphatic rings. The van der Waals surface area contributed by atoms with Crippen molar-refractivity contribution in [3.63, 3.8) is 0 Å². The van der Waals surface area contributed by atoms with Crippen molar-refractivity contribution in [2.45, 2.75) is 12.5 Å². The quantitative estimate of drug-likeness (QED) is 0.475. The predicted molar refractivity (Wildman–Crippen MR) is 119 cm³/mol. The summed E-state index contributed by atoms with van der Waals surface area (Å²) in [6, 6.07) is 21.4. The normalized spacial score (nSPS) is 15.9. The third-order valence-corrected chi connectivity index (χ3v) is 5.44. The van der Waals surface area contributed by atoms with E-state index in [2.05, 4.69) is 0 Å². The molecule has 0 fully saturated rings. The van der Waals surface area contributed by atoms with Crippen LogP contribution in [0, 0.1) is 0 Å². The number of ether oxygens (including phenoxy) is 2. The molecule has 3 aromatic rings. The van der Waals surface area contributed by atoms with Gasteiger partial charge in [0.1, 0.15) is 0 Å². The average molecular weight is 427 g/mol. The number of hydrogen-bond donors (Lipinski definition) is 0. The van der Waals surface area contributed by atoms with Crippen molar-refractivity contribution >= 4 is 34.6 Å². The summed E-state index contributed by atoms with van der Waals surface area (Å²) in [6.07, 6.45) is 0.740. The van der Waals surface area contributed by atoms with Crippen molar-refractivity contribution in [3.8, 4) is 11.5 Å². The summed E-state index contributed by atoms with van der Waals surface area (Å²) in [5.74, 6) is 1.39. The van der Waals surface area contributed by atoms with Gasteiger partial charge in [0.15, 0.2) is 11.5 Å². The molecule has 0 spiro atoms. The SMILES string of the molecule is COc1ccc(C2CC(c3ccc(Cl)cc3)=NN2c2cccc(Cl)c2)cc1OC. The highest BCUT2D eigenvalue weighted by molar-refractivity contribution is 6.31. The van der Waals surface area contributed by atoms with Crippen molar-refractivity contribution in [1.29, 1.82) is 0 Å². The Labute approximate surface area is 180 Å². The molecule has 0 bridgehead atoms. The first-order valence-corrected chi connectivity index (χ1v) is 9.95. The molecule has 0 radical (unpaired) electrons. The number of halogens is 2.